The maximum absolute atomic E-state index is 4.71. The third-order valence-corrected chi connectivity index (χ3v) is 8.54. The molecule has 0 unspecified atom stereocenters. The molecule has 0 amide bonds. The van der Waals surface area contributed by atoms with Gasteiger partial charge in [-0.05, 0) is 149 Å². The molecule has 0 saturated heterocycles. The second-order valence-corrected chi connectivity index (χ2v) is 14.7. The fraction of sp³-hybridized carbons (Fsp3) is 0.469. The zero-order valence-electron chi connectivity index (χ0n) is 56.0. The van der Waals surface area contributed by atoms with Crippen LogP contribution < -0.4 is 0 Å². The summed E-state index contributed by atoms with van der Waals surface area (Å²) in [6.07, 6.45) is 24.7. The van der Waals surface area contributed by atoms with Gasteiger partial charge in [0.1, 0.15) is 12.5 Å². The Bertz CT molecular complexity index is 1650. The second kappa shape index (κ2) is 92.1. The van der Waals surface area contributed by atoms with Gasteiger partial charge in [-0.15, -0.1) is 11.3 Å². The van der Waals surface area contributed by atoms with Crippen molar-refractivity contribution < 1.29 is 13.4 Å². The Morgan fingerprint density at radius 3 is 1.21 bits per heavy atom. The molecule has 3 N–H and O–H groups in total. The summed E-state index contributed by atoms with van der Waals surface area (Å²) in [7, 11) is 2.00. The Morgan fingerprint density at radius 1 is 0.487 bits per heavy atom. The molecule has 13 nitrogen and oxygen atoms in total. The van der Waals surface area contributed by atoms with E-state index in [1.807, 2.05) is 282 Å². The van der Waals surface area contributed by atoms with Gasteiger partial charge in [-0.2, -0.15) is 21.5 Å². The molecule has 10 aromatic rings. The van der Waals surface area contributed by atoms with Crippen LogP contribution in [0.2, 0.25) is 0 Å². The average Bonchev–Trinajstić information content (AvgIpc) is 4.32. The molecule has 0 bridgehead atoms. The molecule has 0 aliphatic heterocycles. The lowest BCUT2D eigenvalue weighted by molar-refractivity contribution is 0.419. The van der Waals surface area contributed by atoms with Crippen LogP contribution in [-0.4, -0.2) is 49.4 Å². The third-order valence-electron chi connectivity index (χ3n) is 6.33. The van der Waals surface area contributed by atoms with E-state index in [4.69, 9.17) is 4.42 Å². The SMILES string of the molecule is CC.CC.CC.CC.CC.CC.CC.CC.CC.CC.Cc1cc[nH]c1.Cc1ccn[nH]1.Cc1ccoc1.Cc1ccsc1.Cc1cn[nH]c1.Cc1cnoc1.Cc1cnsc1.Cc1cocn1.Cc1cscn1.Cn1cccc1. The molecule has 10 heterocycles. The Balaban J connectivity index is -0.0000000822. The molecule has 0 radical (unpaired) electrons. The number of aryl methyl sites for hydroxylation is 10. The van der Waals surface area contributed by atoms with Crippen LogP contribution in [-0.2, 0) is 7.05 Å². The van der Waals surface area contributed by atoms with Gasteiger partial charge in [-0.1, -0.05) is 144 Å². The number of hydrogen-bond donors (Lipinski definition) is 3. The van der Waals surface area contributed by atoms with Gasteiger partial charge in [0.15, 0.2) is 6.39 Å². The van der Waals surface area contributed by atoms with E-state index in [1.54, 1.807) is 66.3 Å². The Morgan fingerprint density at radius 2 is 1.09 bits per heavy atom. The van der Waals surface area contributed by atoms with Crippen molar-refractivity contribution in [1.82, 2.24) is 49.4 Å². The summed E-state index contributed by atoms with van der Waals surface area (Å²) in [5.41, 5.74) is 12.3. The van der Waals surface area contributed by atoms with Crippen LogP contribution in [0.4, 0.5) is 0 Å². The van der Waals surface area contributed by atoms with Crippen molar-refractivity contribution in [2.24, 2.45) is 7.05 Å². The minimum atomic E-state index is 0.926. The molecule has 0 aliphatic rings. The normalized spacial score (nSPS) is 7.38. The molecule has 460 valence electrons. The second-order valence-electron chi connectivity index (χ2n) is 12.5. The summed E-state index contributed by atoms with van der Waals surface area (Å²) in [5.74, 6) is 0. The predicted octanol–water partition coefficient (Wildman–Crippen LogP) is 22.6. The van der Waals surface area contributed by atoms with Crippen molar-refractivity contribution in [2.75, 3.05) is 0 Å². The number of aromatic amines is 3. The highest BCUT2D eigenvalue weighted by atomic mass is 32.1. The van der Waals surface area contributed by atoms with Gasteiger partial charge >= 0.3 is 0 Å². The molecule has 0 atom stereocenters. The first-order chi connectivity index (χ1) is 38.9. The number of nitrogens with one attached hydrogen (secondary N) is 3. The maximum atomic E-state index is 4.71. The Kier molecular flexibility index (Phi) is 110. The van der Waals surface area contributed by atoms with Gasteiger partial charge in [0.05, 0.1) is 36.1 Å². The highest BCUT2D eigenvalue weighted by molar-refractivity contribution is 7.08. The number of thiazole rings is 1. The van der Waals surface area contributed by atoms with Crippen LogP contribution in [0.25, 0.3) is 0 Å². The van der Waals surface area contributed by atoms with Crippen molar-refractivity contribution >= 4 is 34.2 Å². The van der Waals surface area contributed by atoms with Crippen molar-refractivity contribution in [3.8, 4) is 0 Å². The van der Waals surface area contributed by atoms with E-state index in [2.05, 4.69) is 84.5 Å². The van der Waals surface area contributed by atoms with Crippen LogP contribution in [0.15, 0.2) is 164 Å². The van der Waals surface area contributed by atoms with Crippen LogP contribution in [0, 0.1) is 62.3 Å². The lowest BCUT2D eigenvalue weighted by Crippen LogP contribution is -1.75. The summed E-state index contributed by atoms with van der Waals surface area (Å²) in [5, 5.41) is 24.5. The van der Waals surface area contributed by atoms with Gasteiger partial charge < -0.3 is 22.9 Å². The number of furan rings is 1. The molecule has 10 aromatic heterocycles. The number of aromatic nitrogens is 10. The monoisotopic (exact) mass is 1170 g/mol. The molecule has 80 heavy (non-hydrogen) atoms. The predicted molar refractivity (Wildman–Crippen MR) is 360 cm³/mol. The average molecular weight is 1170 g/mol. The highest BCUT2D eigenvalue weighted by Crippen LogP contribution is 2.01. The van der Waals surface area contributed by atoms with Crippen LogP contribution in [0.1, 0.15) is 189 Å². The molecular formula is C64H118N10O3S3. The van der Waals surface area contributed by atoms with Crippen molar-refractivity contribution in [1.29, 1.82) is 0 Å². The molecule has 0 saturated carbocycles. The van der Waals surface area contributed by atoms with E-state index in [9.17, 15) is 0 Å². The largest absolute Gasteiger partial charge is 0.472 e. The summed E-state index contributed by atoms with van der Waals surface area (Å²) < 4.78 is 19.6. The molecule has 0 aliphatic carbocycles. The summed E-state index contributed by atoms with van der Waals surface area (Å²) >= 11 is 4.86. The summed E-state index contributed by atoms with van der Waals surface area (Å²) in [4.78, 5) is 10.6. The minimum absolute atomic E-state index is 0.926. The molecule has 0 aromatic carbocycles. The number of rotatable bonds is 0. The Labute approximate surface area is 503 Å². The maximum Gasteiger partial charge on any atom is 0.180 e. The first kappa shape index (κ1) is 95.9. The number of nitrogens with zero attached hydrogens (tertiary/aromatic N) is 7. The zero-order chi connectivity index (χ0) is 64.1. The molecule has 0 fully saturated rings. The molecule has 0 spiro atoms. The van der Waals surface area contributed by atoms with Crippen molar-refractivity contribution in [2.45, 2.75) is 201 Å². The van der Waals surface area contributed by atoms with Crippen LogP contribution >= 0.6 is 34.2 Å². The third kappa shape index (κ3) is 88.3. The molecule has 10 rings (SSSR count). The first-order valence-electron chi connectivity index (χ1n) is 28.4. The van der Waals surface area contributed by atoms with Crippen LogP contribution in [0.5, 0.6) is 0 Å². The van der Waals surface area contributed by atoms with E-state index in [0.29, 0.717) is 0 Å². The van der Waals surface area contributed by atoms with E-state index >= 15 is 0 Å². The smallest absolute Gasteiger partial charge is 0.180 e. The summed E-state index contributed by atoms with van der Waals surface area (Å²) in [6, 6.07) is 12.0. The van der Waals surface area contributed by atoms with E-state index in [0.717, 1.165) is 22.6 Å². The topological polar surface area (TPSA) is 169 Å². The number of oxazole rings is 1. The highest BCUT2D eigenvalue weighted by Gasteiger charge is 1.80. The van der Waals surface area contributed by atoms with E-state index in [-0.39, 0.29) is 0 Å². The lowest BCUT2D eigenvalue weighted by atomic mass is 10.4. The number of thiophene rings is 1. The fourth-order valence-electron chi connectivity index (χ4n) is 3.19. The van der Waals surface area contributed by atoms with Gasteiger partial charge in [-0.3, -0.25) is 15.2 Å². The summed E-state index contributed by atoms with van der Waals surface area (Å²) in [6.45, 7) is 57.9. The quantitative estimate of drug-likeness (QED) is 0.134. The van der Waals surface area contributed by atoms with E-state index < -0.39 is 0 Å². The molecule has 16 heteroatoms. The first-order valence-corrected chi connectivity index (χ1v) is 31.1. The standard InChI is InChI=1S/2C5H7N.C5H6O.C5H6S.2C4H6N2.2C4H5NO.2C4H5NS.10C2H6/c1-5-2-3-6-4-5;1-6-4-2-3-5-6;2*1-5-2-3-6-4-5;1-4-2-5-6-3-4;1-4-2-3-5-6-4;1-4-2-6-3-5-4;1-4-2-5-6-3-4;1-4-2-6-3-5-4;1-4-2-5-6-3-4;10*1-2/h2-4,6H,1H3;2-5H,1H3;2*2-4H,1H3;2*2-3H,1H3,(H,5,6);4*2-3H,1H3;10*1-2H3. The Hall–Kier alpha value is -6.36. The molecular weight excluding hydrogens is 1050 g/mol. The minimum Gasteiger partial charge on any atom is -0.472 e. The van der Waals surface area contributed by atoms with Gasteiger partial charge in [0.25, 0.3) is 0 Å². The lowest BCUT2D eigenvalue weighted by Gasteiger charge is -1.79. The van der Waals surface area contributed by atoms with Crippen molar-refractivity contribution in [3.05, 3.63) is 201 Å². The van der Waals surface area contributed by atoms with Crippen LogP contribution in [0.3, 0.4) is 0 Å². The zero-order valence-corrected chi connectivity index (χ0v) is 58.5. The van der Waals surface area contributed by atoms with Gasteiger partial charge in [-0.25, -0.2) is 9.36 Å². The number of H-pyrrole nitrogens is 3. The number of hydrogen-bond acceptors (Lipinski definition) is 12. The fourth-order valence-corrected chi connectivity index (χ4v) is 4.92. The van der Waals surface area contributed by atoms with Gasteiger partial charge in [0, 0.05) is 78.1 Å². The van der Waals surface area contributed by atoms with Crippen molar-refractivity contribution in [3.63, 3.8) is 0 Å². The van der Waals surface area contributed by atoms with E-state index in [1.165, 1.54) is 45.7 Å². The van der Waals surface area contributed by atoms with Gasteiger partial charge in [0.2, 0.25) is 0 Å².